The van der Waals surface area contributed by atoms with E-state index in [1.165, 1.54) is 0 Å². The van der Waals surface area contributed by atoms with Gasteiger partial charge in [-0.25, -0.2) is 13.4 Å². The first-order valence-corrected chi connectivity index (χ1v) is 12.3. The van der Waals surface area contributed by atoms with Crippen molar-refractivity contribution in [2.24, 2.45) is 0 Å². The molecule has 0 aliphatic carbocycles. The van der Waals surface area contributed by atoms with Crippen molar-refractivity contribution < 1.29 is 8.42 Å². The number of H-pyrrole nitrogens is 1. The van der Waals surface area contributed by atoms with Crippen LogP contribution < -0.4 is 4.72 Å². The molecule has 0 spiro atoms. The Morgan fingerprint density at radius 3 is 2.74 bits per heavy atom. The molecule has 3 aromatic heterocycles. The maximum Gasteiger partial charge on any atom is 0.229 e. The predicted octanol–water partition coefficient (Wildman–Crippen LogP) is 4.38. The summed E-state index contributed by atoms with van der Waals surface area (Å²) in [6.07, 6.45) is 8.55. The minimum Gasteiger partial charge on any atom is -0.346 e. The number of pyridine rings is 1. The van der Waals surface area contributed by atoms with E-state index < -0.39 is 10.0 Å². The van der Waals surface area contributed by atoms with Gasteiger partial charge in [0, 0.05) is 46.4 Å². The van der Waals surface area contributed by atoms with Gasteiger partial charge in [-0.2, -0.15) is 10.4 Å². The van der Waals surface area contributed by atoms with Crippen LogP contribution in [0, 0.1) is 11.3 Å². The van der Waals surface area contributed by atoms with E-state index in [1.54, 1.807) is 36.7 Å². The number of benzene rings is 2. The molecule has 3 heterocycles. The Morgan fingerprint density at radius 1 is 1.06 bits per heavy atom. The SMILES string of the molecule is CS(=O)(=O)Nc1cccc(-c2cnc3[nH]cc(-c4cnn(Cc5cccc(C#N)c5)c4)c3c2)c1. The second-order valence-electron chi connectivity index (χ2n) is 8.02. The first kappa shape index (κ1) is 21.4. The summed E-state index contributed by atoms with van der Waals surface area (Å²) in [5.74, 6) is 0. The average Bonchev–Trinajstić information content (AvgIpc) is 3.44. The third-order valence-electron chi connectivity index (χ3n) is 5.38. The minimum atomic E-state index is -3.36. The molecule has 0 fully saturated rings. The van der Waals surface area contributed by atoms with Crippen molar-refractivity contribution in [2.45, 2.75) is 6.54 Å². The Labute approximate surface area is 196 Å². The van der Waals surface area contributed by atoms with E-state index in [1.807, 2.05) is 47.4 Å². The van der Waals surface area contributed by atoms with Crippen LogP contribution in [0.5, 0.6) is 0 Å². The van der Waals surface area contributed by atoms with Gasteiger partial charge in [-0.1, -0.05) is 24.3 Å². The highest BCUT2D eigenvalue weighted by Crippen LogP contribution is 2.31. The number of sulfonamides is 1. The van der Waals surface area contributed by atoms with Gasteiger partial charge in [0.25, 0.3) is 0 Å². The summed E-state index contributed by atoms with van der Waals surface area (Å²) in [5.41, 5.74) is 6.49. The summed E-state index contributed by atoms with van der Waals surface area (Å²) in [4.78, 5) is 7.76. The number of rotatable bonds is 6. The average molecular weight is 469 g/mol. The molecule has 8 nitrogen and oxygen atoms in total. The highest BCUT2D eigenvalue weighted by atomic mass is 32.2. The summed E-state index contributed by atoms with van der Waals surface area (Å²) in [5, 5.41) is 14.5. The van der Waals surface area contributed by atoms with Gasteiger partial charge < -0.3 is 4.98 Å². The lowest BCUT2D eigenvalue weighted by atomic mass is 10.0. The standard InChI is InChI=1S/C25H20N6O2S/c1-34(32,33)30-22-7-3-6-19(9-22)20-10-23-24(14-28-25(23)27-12-20)21-13-29-31(16-21)15-18-5-2-4-17(8-18)11-26/h2-10,12-14,16,30H,15H2,1H3,(H,27,28). The fourth-order valence-electron chi connectivity index (χ4n) is 3.89. The van der Waals surface area contributed by atoms with Crippen molar-refractivity contribution in [3.05, 3.63) is 90.5 Å². The highest BCUT2D eigenvalue weighted by molar-refractivity contribution is 7.92. The molecule has 34 heavy (non-hydrogen) atoms. The number of nitriles is 1. The van der Waals surface area contributed by atoms with Crippen LogP contribution in [-0.2, 0) is 16.6 Å². The van der Waals surface area contributed by atoms with Crippen LogP contribution in [0.4, 0.5) is 5.69 Å². The summed E-state index contributed by atoms with van der Waals surface area (Å²) >= 11 is 0. The van der Waals surface area contributed by atoms with Crippen LogP contribution in [0.3, 0.4) is 0 Å². The van der Waals surface area contributed by atoms with Crippen molar-refractivity contribution in [3.63, 3.8) is 0 Å². The van der Waals surface area contributed by atoms with Gasteiger partial charge in [0.1, 0.15) is 5.65 Å². The van der Waals surface area contributed by atoms with Gasteiger partial charge in [0.15, 0.2) is 0 Å². The number of fused-ring (bicyclic) bond motifs is 1. The third-order valence-corrected chi connectivity index (χ3v) is 5.98. The zero-order valence-electron chi connectivity index (χ0n) is 18.2. The van der Waals surface area contributed by atoms with Crippen LogP contribution >= 0.6 is 0 Å². The van der Waals surface area contributed by atoms with E-state index in [9.17, 15) is 8.42 Å². The summed E-state index contributed by atoms with van der Waals surface area (Å²) in [6, 6.07) is 18.9. The number of anilines is 1. The summed E-state index contributed by atoms with van der Waals surface area (Å²) < 4.78 is 27.5. The molecule has 168 valence electrons. The summed E-state index contributed by atoms with van der Waals surface area (Å²) in [6.45, 7) is 0.557. The highest BCUT2D eigenvalue weighted by Gasteiger charge is 2.12. The van der Waals surface area contributed by atoms with Gasteiger partial charge in [0.2, 0.25) is 10.0 Å². The Kier molecular flexibility index (Phi) is 5.36. The van der Waals surface area contributed by atoms with E-state index in [2.05, 4.69) is 25.9 Å². The first-order valence-electron chi connectivity index (χ1n) is 10.5. The monoisotopic (exact) mass is 468 g/mol. The van der Waals surface area contributed by atoms with Gasteiger partial charge in [-0.15, -0.1) is 0 Å². The number of aromatic nitrogens is 4. The number of aromatic amines is 1. The molecule has 0 aliphatic rings. The second kappa shape index (κ2) is 8.50. The van der Waals surface area contributed by atoms with Crippen LogP contribution in [-0.4, -0.2) is 34.4 Å². The zero-order valence-corrected chi connectivity index (χ0v) is 19.0. The maximum absolute atomic E-state index is 11.6. The van der Waals surface area contributed by atoms with Crippen LogP contribution in [0.25, 0.3) is 33.3 Å². The van der Waals surface area contributed by atoms with Gasteiger partial charge in [-0.05, 0) is 41.5 Å². The molecule has 2 aromatic carbocycles. The molecule has 0 saturated heterocycles. The summed E-state index contributed by atoms with van der Waals surface area (Å²) in [7, 11) is -3.36. The van der Waals surface area contributed by atoms with E-state index in [0.29, 0.717) is 17.8 Å². The second-order valence-corrected chi connectivity index (χ2v) is 9.76. The van der Waals surface area contributed by atoms with Gasteiger partial charge in [0.05, 0.1) is 30.6 Å². The molecule has 0 unspecified atom stereocenters. The number of hydrogen-bond acceptors (Lipinski definition) is 5. The van der Waals surface area contributed by atoms with Crippen LogP contribution in [0.1, 0.15) is 11.1 Å². The molecule has 0 amide bonds. The van der Waals surface area contributed by atoms with Gasteiger partial charge in [-0.3, -0.25) is 9.40 Å². The van der Waals surface area contributed by atoms with Crippen molar-refractivity contribution in [3.8, 4) is 28.3 Å². The third kappa shape index (κ3) is 4.53. The molecule has 9 heteroatoms. The topological polar surface area (TPSA) is 116 Å². The van der Waals surface area contributed by atoms with E-state index >= 15 is 0 Å². The molecule has 5 aromatic rings. The van der Waals surface area contributed by atoms with Crippen molar-refractivity contribution >= 4 is 26.7 Å². The minimum absolute atomic E-state index is 0.496. The quantitative estimate of drug-likeness (QED) is 0.383. The first-order chi connectivity index (χ1) is 16.4. The molecule has 0 bridgehead atoms. The van der Waals surface area contributed by atoms with Crippen LogP contribution in [0.15, 0.2) is 79.4 Å². The van der Waals surface area contributed by atoms with Gasteiger partial charge >= 0.3 is 0 Å². The van der Waals surface area contributed by atoms with E-state index in [4.69, 9.17) is 5.26 Å². The molecule has 5 rings (SSSR count). The maximum atomic E-state index is 11.6. The molecule has 0 atom stereocenters. The fourth-order valence-corrected chi connectivity index (χ4v) is 4.45. The number of nitrogens with one attached hydrogen (secondary N) is 2. The Morgan fingerprint density at radius 2 is 1.91 bits per heavy atom. The lowest BCUT2D eigenvalue weighted by molar-refractivity contribution is 0.607. The smallest absolute Gasteiger partial charge is 0.229 e. The zero-order chi connectivity index (χ0) is 23.7. The normalized spacial score (nSPS) is 11.4. The molecular weight excluding hydrogens is 448 g/mol. The molecule has 0 radical (unpaired) electrons. The molecular formula is C25H20N6O2S. The van der Waals surface area contributed by atoms with Crippen molar-refractivity contribution in [2.75, 3.05) is 11.0 Å². The largest absolute Gasteiger partial charge is 0.346 e. The fraction of sp³-hybridized carbons (Fsp3) is 0.0800. The number of nitrogens with zero attached hydrogens (tertiary/aromatic N) is 4. The number of hydrogen-bond donors (Lipinski definition) is 2. The van der Waals surface area contributed by atoms with E-state index in [-0.39, 0.29) is 0 Å². The van der Waals surface area contributed by atoms with Crippen molar-refractivity contribution in [1.82, 2.24) is 19.7 Å². The molecule has 0 saturated carbocycles. The van der Waals surface area contributed by atoms with Crippen LogP contribution in [0.2, 0.25) is 0 Å². The molecule has 2 N–H and O–H groups in total. The molecule has 0 aliphatic heterocycles. The van der Waals surface area contributed by atoms with Crippen molar-refractivity contribution in [1.29, 1.82) is 5.26 Å². The lowest BCUT2D eigenvalue weighted by Gasteiger charge is -2.07. The van der Waals surface area contributed by atoms with E-state index in [0.717, 1.165) is 45.1 Å². The lowest BCUT2D eigenvalue weighted by Crippen LogP contribution is -2.09. The predicted molar refractivity (Wildman–Crippen MR) is 131 cm³/mol. The Bertz CT molecular complexity index is 1660. The Balaban J connectivity index is 1.46. The Hall–Kier alpha value is -4.42.